The van der Waals surface area contributed by atoms with Crippen molar-refractivity contribution in [1.82, 2.24) is 4.57 Å². The van der Waals surface area contributed by atoms with E-state index in [1.165, 1.54) is 11.3 Å². The first-order valence-corrected chi connectivity index (χ1v) is 14.6. The van der Waals surface area contributed by atoms with E-state index in [9.17, 15) is 9.59 Å². The highest BCUT2D eigenvalue weighted by molar-refractivity contribution is 9.10. The van der Waals surface area contributed by atoms with Gasteiger partial charge in [0.25, 0.3) is 5.56 Å². The molecule has 0 spiro atoms. The van der Waals surface area contributed by atoms with E-state index < -0.39 is 12.0 Å². The number of aryl methyl sites for hydroxylation is 1. The van der Waals surface area contributed by atoms with E-state index in [1.54, 1.807) is 24.5 Å². The molecule has 0 unspecified atom stereocenters. The summed E-state index contributed by atoms with van der Waals surface area (Å²) >= 11 is 4.86. The maximum Gasteiger partial charge on any atom is 0.338 e. The molecule has 1 aliphatic heterocycles. The van der Waals surface area contributed by atoms with E-state index in [1.807, 2.05) is 75.4 Å². The Labute approximate surface area is 244 Å². The van der Waals surface area contributed by atoms with Gasteiger partial charge in [-0.25, -0.2) is 9.79 Å². The molecule has 0 amide bonds. The number of nitrogens with zero attached hydrogens (tertiary/aromatic N) is 2. The number of hydrogen-bond acceptors (Lipinski definition) is 7. The summed E-state index contributed by atoms with van der Waals surface area (Å²) in [5, 5.41) is 0. The molecule has 0 saturated carbocycles. The maximum absolute atomic E-state index is 13.8. The molecule has 9 heteroatoms. The van der Waals surface area contributed by atoms with Crippen molar-refractivity contribution in [2.45, 2.75) is 46.8 Å². The van der Waals surface area contributed by atoms with Gasteiger partial charge in [-0.05, 0) is 82.1 Å². The number of ether oxygens (including phenoxy) is 2. The second-order valence-corrected chi connectivity index (χ2v) is 11.6. The van der Waals surface area contributed by atoms with Gasteiger partial charge in [-0.3, -0.25) is 9.36 Å². The van der Waals surface area contributed by atoms with Gasteiger partial charge in [-0.1, -0.05) is 45.5 Å². The first-order valence-electron chi connectivity index (χ1n) is 13.0. The Morgan fingerprint density at radius 2 is 1.90 bits per heavy atom. The van der Waals surface area contributed by atoms with Gasteiger partial charge in [0.1, 0.15) is 17.3 Å². The van der Waals surface area contributed by atoms with Crippen molar-refractivity contribution in [2.24, 2.45) is 4.99 Å². The van der Waals surface area contributed by atoms with Crippen molar-refractivity contribution in [3.05, 3.63) is 107 Å². The van der Waals surface area contributed by atoms with E-state index in [0.717, 1.165) is 21.2 Å². The van der Waals surface area contributed by atoms with Crippen LogP contribution in [0.5, 0.6) is 5.75 Å². The minimum atomic E-state index is -0.693. The van der Waals surface area contributed by atoms with Gasteiger partial charge in [0.2, 0.25) is 0 Å². The molecule has 7 nitrogen and oxygen atoms in total. The van der Waals surface area contributed by atoms with Crippen molar-refractivity contribution >= 4 is 39.3 Å². The molecule has 2 aromatic carbocycles. The summed E-state index contributed by atoms with van der Waals surface area (Å²) in [7, 11) is 0. The average molecular weight is 622 g/mol. The quantitative estimate of drug-likeness (QED) is 0.240. The first-order chi connectivity index (χ1) is 19.2. The number of fused-ring (bicyclic) bond motifs is 1. The molecule has 5 rings (SSSR count). The molecular weight excluding hydrogens is 592 g/mol. The molecule has 0 aliphatic carbocycles. The minimum Gasteiger partial charge on any atom is -0.491 e. The molecule has 0 radical (unpaired) electrons. The molecule has 1 atom stereocenters. The van der Waals surface area contributed by atoms with Crippen LogP contribution in [0.2, 0.25) is 0 Å². The predicted molar refractivity (Wildman–Crippen MR) is 159 cm³/mol. The van der Waals surface area contributed by atoms with Crippen molar-refractivity contribution in [3.8, 4) is 17.1 Å². The van der Waals surface area contributed by atoms with E-state index in [4.69, 9.17) is 13.9 Å². The van der Waals surface area contributed by atoms with Crippen molar-refractivity contribution in [2.75, 3.05) is 6.61 Å². The zero-order chi connectivity index (χ0) is 28.6. The number of esters is 1. The third kappa shape index (κ3) is 5.48. The van der Waals surface area contributed by atoms with E-state index in [0.29, 0.717) is 37.9 Å². The Balaban J connectivity index is 1.61. The van der Waals surface area contributed by atoms with Gasteiger partial charge in [0.15, 0.2) is 4.80 Å². The van der Waals surface area contributed by atoms with Crippen molar-refractivity contribution < 1.29 is 18.7 Å². The fraction of sp³-hybridized carbons (Fsp3) is 0.258. The summed E-state index contributed by atoms with van der Waals surface area (Å²) in [5.74, 6) is 1.44. The first kappa shape index (κ1) is 27.9. The van der Waals surface area contributed by atoms with Crippen LogP contribution in [0.1, 0.15) is 50.6 Å². The van der Waals surface area contributed by atoms with Crippen LogP contribution in [-0.4, -0.2) is 23.2 Å². The third-order valence-corrected chi connectivity index (χ3v) is 8.01. The Morgan fingerprint density at radius 1 is 1.15 bits per heavy atom. The average Bonchev–Trinajstić information content (AvgIpc) is 3.47. The lowest BCUT2D eigenvalue weighted by Gasteiger charge is -2.25. The van der Waals surface area contributed by atoms with Crippen LogP contribution >= 0.6 is 27.3 Å². The SMILES string of the molecule is CCOC(=O)C1=C(C)N=c2s/c(=C\c3ccc(-c4ccc(C)cc4Br)o3)c(=O)n2[C@H]1c1ccc(OC(C)C)cc1. The summed E-state index contributed by atoms with van der Waals surface area (Å²) in [6, 6.07) is 16.5. The van der Waals surface area contributed by atoms with Gasteiger partial charge in [-0.2, -0.15) is 0 Å². The zero-order valence-electron chi connectivity index (χ0n) is 22.9. The largest absolute Gasteiger partial charge is 0.491 e. The third-order valence-electron chi connectivity index (χ3n) is 6.37. The normalized spacial score (nSPS) is 15.3. The second kappa shape index (κ2) is 11.4. The van der Waals surface area contributed by atoms with E-state index in [2.05, 4.69) is 20.9 Å². The fourth-order valence-corrected chi connectivity index (χ4v) is 6.35. The highest BCUT2D eigenvalue weighted by Gasteiger charge is 2.33. The Kier molecular flexibility index (Phi) is 7.96. The van der Waals surface area contributed by atoms with Gasteiger partial charge in [-0.15, -0.1) is 0 Å². The molecule has 0 bridgehead atoms. The van der Waals surface area contributed by atoms with Crippen LogP contribution < -0.4 is 19.6 Å². The Bertz CT molecular complexity index is 1790. The van der Waals surface area contributed by atoms with Crippen LogP contribution in [0.3, 0.4) is 0 Å². The summed E-state index contributed by atoms with van der Waals surface area (Å²) in [4.78, 5) is 32.1. The molecule has 2 aromatic heterocycles. The van der Waals surface area contributed by atoms with Gasteiger partial charge >= 0.3 is 5.97 Å². The molecule has 1 aliphatic rings. The number of allylic oxidation sites excluding steroid dienone is 1. The maximum atomic E-state index is 13.8. The lowest BCUT2D eigenvalue weighted by atomic mass is 9.96. The summed E-state index contributed by atoms with van der Waals surface area (Å²) in [5.41, 5.74) is 3.40. The number of furan rings is 1. The fourth-order valence-electron chi connectivity index (χ4n) is 4.63. The van der Waals surface area contributed by atoms with Crippen LogP contribution in [0.15, 0.2) is 84.5 Å². The summed E-state index contributed by atoms with van der Waals surface area (Å²) in [6.07, 6.45) is 1.74. The smallest absolute Gasteiger partial charge is 0.338 e. The van der Waals surface area contributed by atoms with Gasteiger partial charge in [0, 0.05) is 16.1 Å². The summed E-state index contributed by atoms with van der Waals surface area (Å²) < 4.78 is 20.2. The van der Waals surface area contributed by atoms with E-state index >= 15 is 0 Å². The lowest BCUT2D eigenvalue weighted by Crippen LogP contribution is -2.39. The van der Waals surface area contributed by atoms with Crippen LogP contribution in [0.4, 0.5) is 0 Å². The second-order valence-electron chi connectivity index (χ2n) is 9.72. The van der Waals surface area contributed by atoms with Crippen LogP contribution in [0.25, 0.3) is 17.4 Å². The number of thiazole rings is 1. The number of hydrogen-bond donors (Lipinski definition) is 0. The van der Waals surface area contributed by atoms with Crippen LogP contribution in [0, 0.1) is 6.92 Å². The molecule has 0 saturated heterocycles. The molecule has 0 N–H and O–H groups in total. The number of benzene rings is 2. The van der Waals surface area contributed by atoms with Crippen molar-refractivity contribution in [1.29, 1.82) is 0 Å². The number of halogens is 1. The van der Waals surface area contributed by atoms with Crippen molar-refractivity contribution in [3.63, 3.8) is 0 Å². The number of carbonyl (C=O) groups excluding carboxylic acids is 1. The number of aromatic nitrogens is 1. The minimum absolute atomic E-state index is 0.0231. The Hall–Kier alpha value is -3.69. The molecular formula is C31H29BrN2O5S. The number of rotatable bonds is 7. The lowest BCUT2D eigenvalue weighted by molar-refractivity contribution is -0.139. The molecule has 4 aromatic rings. The number of carbonyl (C=O) groups is 1. The predicted octanol–water partition coefficient (Wildman–Crippen LogP) is 5.92. The highest BCUT2D eigenvalue weighted by atomic mass is 79.9. The topological polar surface area (TPSA) is 83.0 Å². The summed E-state index contributed by atoms with van der Waals surface area (Å²) in [6.45, 7) is 9.67. The molecule has 3 heterocycles. The van der Waals surface area contributed by atoms with Gasteiger partial charge < -0.3 is 13.9 Å². The standard InChI is InChI=1S/C31H29BrN2O5S/c1-6-37-30(36)27-19(5)33-31-34(28(27)20-8-10-21(11-9-20)38-17(2)3)29(35)26(40-31)16-22-12-14-25(39-22)23-13-7-18(4)15-24(23)32/h7-17,28H,6H2,1-5H3/b26-16-/t28-/m0/s1. The molecule has 206 valence electrons. The molecule has 0 fully saturated rings. The molecule has 40 heavy (non-hydrogen) atoms. The van der Waals surface area contributed by atoms with Crippen LogP contribution in [-0.2, 0) is 9.53 Å². The highest BCUT2D eigenvalue weighted by Crippen LogP contribution is 2.33. The monoisotopic (exact) mass is 620 g/mol. The zero-order valence-corrected chi connectivity index (χ0v) is 25.3. The van der Waals surface area contributed by atoms with E-state index in [-0.39, 0.29) is 18.3 Å². The van der Waals surface area contributed by atoms with Gasteiger partial charge in [0.05, 0.1) is 34.6 Å². The Morgan fingerprint density at radius 3 is 2.58 bits per heavy atom.